The van der Waals surface area contributed by atoms with Crippen LogP contribution in [0, 0.1) is 0 Å². The summed E-state index contributed by atoms with van der Waals surface area (Å²) in [5.74, 6) is -0.969. The number of rotatable bonds is 6. The molecule has 1 aliphatic rings. The first-order chi connectivity index (χ1) is 11.1. The van der Waals surface area contributed by atoms with Gasteiger partial charge in [0, 0.05) is 0 Å². The first-order valence-electron chi connectivity index (χ1n) is 7.79. The maximum absolute atomic E-state index is 12.9. The highest BCUT2D eigenvalue weighted by Gasteiger charge is 2.14. The van der Waals surface area contributed by atoms with Crippen molar-refractivity contribution in [2.45, 2.75) is 31.9 Å². The fourth-order valence-corrected chi connectivity index (χ4v) is 2.66. The van der Waals surface area contributed by atoms with E-state index in [0.717, 1.165) is 19.3 Å². The van der Waals surface area contributed by atoms with E-state index in [0.29, 0.717) is 5.56 Å². The molecule has 0 fully saturated rings. The van der Waals surface area contributed by atoms with Gasteiger partial charge in [-0.05, 0) is 54.5 Å². The molecule has 2 rings (SSSR count). The molecular weight excluding hydrogens is 291 g/mol. The van der Waals surface area contributed by atoms with Crippen LogP contribution in [0.5, 0.6) is 0 Å². The van der Waals surface area contributed by atoms with Gasteiger partial charge in [-0.2, -0.15) is 0 Å². The van der Waals surface area contributed by atoms with Crippen molar-refractivity contribution in [1.29, 1.82) is 0 Å². The van der Waals surface area contributed by atoms with Crippen molar-refractivity contribution in [2.75, 3.05) is 0 Å². The molecule has 0 aliphatic heterocycles. The third kappa shape index (κ3) is 4.78. The van der Waals surface area contributed by atoms with Gasteiger partial charge >= 0.3 is 5.97 Å². The Morgan fingerprint density at radius 3 is 2.61 bits per heavy atom. The van der Waals surface area contributed by atoms with Gasteiger partial charge in [0.05, 0.1) is 5.57 Å². The minimum atomic E-state index is -1.19. The zero-order valence-corrected chi connectivity index (χ0v) is 13.0. The molecule has 0 amide bonds. The van der Waals surface area contributed by atoms with Crippen LogP contribution < -0.4 is 0 Å². The molecule has 1 aromatic carbocycles. The molecule has 0 saturated carbocycles. The number of hydrogen-bond acceptors (Lipinski definition) is 1. The molecule has 0 radical (unpaired) electrons. The van der Waals surface area contributed by atoms with E-state index < -0.39 is 12.1 Å². The summed E-state index contributed by atoms with van der Waals surface area (Å²) in [7, 11) is 0. The van der Waals surface area contributed by atoms with Crippen LogP contribution >= 0.6 is 0 Å². The molecular formula is C20H21FO2. The summed E-state index contributed by atoms with van der Waals surface area (Å²) in [5, 5.41) is 9.42. The normalized spacial score (nSPS) is 16.5. The van der Waals surface area contributed by atoms with Crippen LogP contribution in [0.4, 0.5) is 4.39 Å². The van der Waals surface area contributed by atoms with Crippen LogP contribution in [0.3, 0.4) is 0 Å². The number of aryl methyl sites for hydroxylation is 2. The highest BCUT2D eigenvalue weighted by atomic mass is 19.1. The number of carboxylic acid groups (broad SMARTS) is 1. The number of hydrogen-bond donors (Lipinski definition) is 1. The molecule has 0 aromatic heterocycles. The first-order valence-corrected chi connectivity index (χ1v) is 7.79. The van der Waals surface area contributed by atoms with Gasteiger partial charge < -0.3 is 5.11 Å². The standard InChI is InChI=1S/C20H21FO2/c1-2-18(21)10-4-3-5-11-19(20(22)23)17-13-12-15-8-6-7-9-16(15)14-17/h2-5,10-14,18H,1,6-9H2,(H,22,23)/b5-3+,10-4+,19-11+. The van der Waals surface area contributed by atoms with Crippen molar-refractivity contribution in [1.82, 2.24) is 0 Å². The lowest BCUT2D eigenvalue weighted by atomic mass is 9.89. The van der Waals surface area contributed by atoms with Crippen molar-refractivity contribution in [3.63, 3.8) is 0 Å². The summed E-state index contributed by atoms with van der Waals surface area (Å²) in [6.07, 6.45) is 12.1. The van der Waals surface area contributed by atoms with Crippen LogP contribution in [-0.2, 0) is 17.6 Å². The SMILES string of the molecule is C=CC(F)/C=C/C=C/C=C(/C(=O)O)c1ccc2c(c1)CCCC2. The molecule has 1 unspecified atom stereocenters. The molecule has 1 atom stereocenters. The number of carboxylic acids is 1. The number of alkyl halides is 1. The van der Waals surface area contributed by atoms with Crippen LogP contribution in [0.1, 0.15) is 29.5 Å². The number of halogens is 1. The molecule has 0 heterocycles. The summed E-state index contributed by atoms with van der Waals surface area (Å²) in [6, 6.07) is 5.87. The fraction of sp³-hybridized carbons (Fsp3) is 0.250. The lowest BCUT2D eigenvalue weighted by molar-refractivity contribution is -0.130. The monoisotopic (exact) mass is 312 g/mol. The second kappa shape index (κ2) is 8.28. The van der Waals surface area contributed by atoms with Gasteiger partial charge in [0.1, 0.15) is 6.17 Å². The van der Waals surface area contributed by atoms with Gasteiger partial charge in [-0.1, -0.05) is 49.1 Å². The fourth-order valence-electron chi connectivity index (χ4n) is 2.66. The second-order valence-corrected chi connectivity index (χ2v) is 5.53. The van der Waals surface area contributed by atoms with Gasteiger partial charge in [-0.25, -0.2) is 9.18 Å². The van der Waals surface area contributed by atoms with E-state index in [1.165, 1.54) is 35.8 Å². The Balaban J connectivity index is 2.19. The topological polar surface area (TPSA) is 37.3 Å². The van der Waals surface area contributed by atoms with E-state index in [1.807, 2.05) is 18.2 Å². The van der Waals surface area contributed by atoms with Crippen molar-refractivity contribution in [2.24, 2.45) is 0 Å². The Morgan fingerprint density at radius 2 is 1.91 bits per heavy atom. The predicted molar refractivity (Wildman–Crippen MR) is 92.1 cm³/mol. The highest BCUT2D eigenvalue weighted by molar-refractivity contribution is 6.15. The Morgan fingerprint density at radius 1 is 1.17 bits per heavy atom. The quantitative estimate of drug-likeness (QED) is 0.471. The van der Waals surface area contributed by atoms with Crippen molar-refractivity contribution < 1.29 is 14.3 Å². The molecule has 2 nitrogen and oxygen atoms in total. The minimum Gasteiger partial charge on any atom is -0.478 e. The average Bonchev–Trinajstić information content (AvgIpc) is 2.57. The number of benzene rings is 1. The molecule has 1 aromatic rings. The maximum atomic E-state index is 12.9. The minimum absolute atomic E-state index is 0.239. The zero-order valence-electron chi connectivity index (χ0n) is 13.0. The van der Waals surface area contributed by atoms with E-state index in [4.69, 9.17) is 0 Å². The van der Waals surface area contributed by atoms with Crippen LogP contribution in [0.15, 0.2) is 61.2 Å². The summed E-state index contributed by atoms with van der Waals surface area (Å²) in [5.41, 5.74) is 3.52. The van der Waals surface area contributed by atoms with Gasteiger partial charge in [0.25, 0.3) is 0 Å². The number of aliphatic carboxylic acids is 1. The third-order valence-corrected chi connectivity index (χ3v) is 3.90. The van der Waals surface area contributed by atoms with Crippen molar-refractivity contribution in [3.8, 4) is 0 Å². The predicted octanol–water partition coefficient (Wildman–Crippen LogP) is 4.67. The van der Waals surface area contributed by atoms with Crippen molar-refractivity contribution in [3.05, 3.63) is 77.9 Å². The van der Waals surface area contributed by atoms with E-state index >= 15 is 0 Å². The first kappa shape index (κ1) is 16.9. The van der Waals surface area contributed by atoms with Crippen molar-refractivity contribution >= 4 is 11.5 Å². The van der Waals surface area contributed by atoms with Gasteiger partial charge in [0.15, 0.2) is 0 Å². The zero-order chi connectivity index (χ0) is 16.7. The molecule has 3 heteroatoms. The van der Waals surface area contributed by atoms with Crippen LogP contribution in [0.2, 0.25) is 0 Å². The third-order valence-electron chi connectivity index (χ3n) is 3.90. The molecule has 1 N–H and O–H groups in total. The highest BCUT2D eigenvalue weighted by Crippen LogP contribution is 2.25. The largest absolute Gasteiger partial charge is 0.478 e. The van der Waals surface area contributed by atoms with E-state index in [9.17, 15) is 14.3 Å². The summed E-state index contributed by atoms with van der Waals surface area (Å²) in [6.45, 7) is 3.35. The lowest BCUT2D eigenvalue weighted by Crippen LogP contribution is -2.05. The number of allylic oxidation sites excluding steroid dienone is 6. The van der Waals surface area contributed by atoms with Crippen LogP contribution in [0.25, 0.3) is 5.57 Å². The Bertz CT molecular complexity index is 668. The molecule has 120 valence electrons. The van der Waals surface area contributed by atoms with Crippen LogP contribution in [-0.4, -0.2) is 17.2 Å². The molecule has 0 saturated heterocycles. The van der Waals surface area contributed by atoms with Gasteiger partial charge in [0.2, 0.25) is 0 Å². The Hall–Kier alpha value is -2.42. The maximum Gasteiger partial charge on any atom is 0.336 e. The second-order valence-electron chi connectivity index (χ2n) is 5.53. The van der Waals surface area contributed by atoms with E-state index in [-0.39, 0.29) is 5.57 Å². The Labute approximate surface area is 136 Å². The summed E-state index contributed by atoms with van der Waals surface area (Å²) in [4.78, 5) is 11.5. The average molecular weight is 312 g/mol. The molecule has 1 aliphatic carbocycles. The van der Waals surface area contributed by atoms with Gasteiger partial charge in [-0.15, -0.1) is 0 Å². The molecule has 23 heavy (non-hydrogen) atoms. The lowest BCUT2D eigenvalue weighted by Gasteiger charge is -2.16. The smallest absolute Gasteiger partial charge is 0.336 e. The summed E-state index contributed by atoms with van der Waals surface area (Å²) >= 11 is 0. The molecule has 0 bridgehead atoms. The number of fused-ring (bicyclic) bond motifs is 1. The van der Waals surface area contributed by atoms with E-state index in [1.54, 1.807) is 18.2 Å². The Kier molecular flexibility index (Phi) is 6.10. The molecule has 0 spiro atoms. The van der Waals surface area contributed by atoms with Gasteiger partial charge in [-0.3, -0.25) is 0 Å². The van der Waals surface area contributed by atoms with E-state index in [2.05, 4.69) is 6.58 Å². The summed E-state index contributed by atoms with van der Waals surface area (Å²) < 4.78 is 12.9. The number of carbonyl (C=O) groups is 1.